The van der Waals surface area contributed by atoms with Gasteiger partial charge in [0.05, 0.1) is 17.6 Å². The number of aromatic nitrogens is 2. The van der Waals surface area contributed by atoms with Crippen LogP contribution in [0.15, 0.2) is 60.8 Å². The summed E-state index contributed by atoms with van der Waals surface area (Å²) in [6, 6.07) is 9.54. The molecule has 1 amide bonds. The maximum atomic E-state index is 14.2. The molecule has 13 heteroatoms. The summed E-state index contributed by atoms with van der Waals surface area (Å²) in [4.78, 5) is 25.6. The van der Waals surface area contributed by atoms with Crippen LogP contribution >= 0.6 is 0 Å². The molecule has 0 saturated heterocycles. The number of nitrogens with zero attached hydrogens (tertiary/aromatic N) is 3. The first kappa shape index (κ1) is 29.0. The van der Waals surface area contributed by atoms with Gasteiger partial charge in [0.2, 0.25) is 5.91 Å². The molecule has 40 heavy (non-hydrogen) atoms. The van der Waals surface area contributed by atoms with E-state index in [-0.39, 0.29) is 29.8 Å². The van der Waals surface area contributed by atoms with Crippen LogP contribution in [0, 0.1) is 5.41 Å². The average Bonchev–Trinajstić information content (AvgIpc) is 3.33. The highest BCUT2D eigenvalue weighted by Gasteiger charge is 2.53. The number of rotatable bonds is 7. The lowest BCUT2D eigenvalue weighted by Crippen LogP contribution is -2.51. The Hall–Kier alpha value is -4.03. The molecule has 1 saturated carbocycles. The highest BCUT2D eigenvalue weighted by molar-refractivity contribution is 6.02. The fraction of sp³-hybridized carbons (Fsp3) is 0.370. The number of aliphatic carboxylic acids is 1. The number of halogens is 6. The number of hydrogen-bond acceptors (Lipinski definition) is 4. The van der Waals surface area contributed by atoms with Crippen LogP contribution in [0.25, 0.3) is 5.69 Å². The van der Waals surface area contributed by atoms with Gasteiger partial charge < -0.3 is 15.3 Å². The molecule has 1 aromatic heterocycles. The van der Waals surface area contributed by atoms with Gasteiger partial charge in [-0.05, 0) is 42.7 Å². The number of carbonyl (C=O) groups excluding carboxylic acids is 1. The summed E-state index contributed by atoms with van der Waals surface area (Å²) in [5, 5.41) is 16.2. The first-order chi connectivity index (χ1) is 18.8. The van der Waals surface area contributed by atoms with Crippen LogP contribution in [-0.4, -0.2) is 44.9 Å². The molecule has 1 aliphatic rings. The predicted octanol–water partition coefficient (Wildman–Crippen LogP) is 6.73. The van der Waals surface area contributed by atoms with E-state index in [9.17, 15) is 41.0 Å². The molecule has 2 N–H and O–H groups in total. The molecule has 7 nitrogen and oxygen atoms in total. The molecule has 0 unspecified atom stereocenters. The summed E-state index contributed by atoms with van der Waals surface area (Å²) < 4.78 is 85.1. The van der Waals surface area contributed by atoms with E-state index in [0.29, 0.717) is 28.8 Å². The Morgan fingerprint density at radius 2 is 1.57 bits per heavy atom. The lowest BCUT2D eigenvalue weighted by Gasteiger charge is -2.39. The van der Waals surface area contributed by atoms with E-state index in [0.717, 1.165) is 37.5 Å². The lowest BCUT2D eigenvalue weighted by atomic mass is 9.72. The first-order valence-electron chi connectivity index (χ1n) is 12.4. The average molecular weight is 569 g/mol. The van der Waals surface area contributed by atoms with Crippen molar-refractivity contribution in [3.63, 3.8) is 0 Å². The van der Waals surface area contributed by atoms with E-state index in [4.69, 9.17) is 0 Å². The van der Waals surface area contributed by atoms with Crippen molar-refractivity contribution in [1.29, 1.82) is 0 Å². The lowest BCUT2D eigenvalue weighted by molar-refractivity contribution is -0.196. The van der Waals surface area contributed by atoms with E-state index >= 15 is 0 Å². The third-order valence-corrected chi connectivity index (χ3v) is 7.09. The Morgan fingerprint density at radius 3 is 2.10 bits per heavy atom. The minimum Gasteiger partial charge on any atom is -0.480 e. The largest absolute Gasteiger partial charge is 0.480 e. The molecule has 2 aromatic carbocycles. The summed E-state index contributed by atoms with van der Waals surface area (Å²) in [7, 11) is 0.916. The van der Waals surface area contributed by atoms with Gasteiger partial charge in [-0.15, -0.1) is 0 Å². The summed E-state index contributed by atoms with van der Waals surface area (Å²) in [6.07, 6.45) is -7.42. The van der Waals surface area contributed by atoms with Crippen molar-refractivity contribution in [2.75, 3.05) is 12.4 Å². The van der Waals surface area contributed by atoms with E-state index < -0.39 is 47.1 Å². The van der Waals surface area contributed by atoms with Crippen LogP contribution in [0.3, 0.4) is 0 Å². The Kier molecular flexibility index (Phi) is 7.86. The quantitative estimate of drug-likeness (QED) is 0.244. The maximum absolute atomic E-state index is 14.2. The van der Waals surface area contributed by atoms with E-state index in [1.807, 2.05) is 0 Å². The van der Waals surface area contributed by atoms with E-state index in [1.165, 1.54) is 12.1 Å². The van der Waals surface area contributed by atoms with Crippen molar-refractivity contribution in [3.05, 3.63) is 72.1 Å². The van der Waals surface area contributed by atoms with Crippen LogP contribution in [0.2, 0.25) is 0 Å². The molecule has 4 rings (SSSR count). The van der Waals surface area contributed by atoms with Crippen molar-refractivity contribution in [3.8, 4) is 5.69 Å². The monoisotopic (exact) mass is 568 g/mol. The third-order valence-electron chi connectivity index (χ3n) is 7.09. The third kappa shape index (κ3) is 5.63. The second-order valence-electron chi connectivity index (χ2n) is 9.71. The van der Waals surface area contributed by atoms with Crippen molar-refractivity contribution >= 4 is 23.3 Å². The highest BCUT2D eigenvalue weighted by Crippen LogP contribution is 2.44. The van der Waals surface area contributed by atoms with Crippen LogP contribution in [0.5, 0.6) is 0 Å². The minimum absolute atomic E-state index is 0.0473. The van der Waals surface area contributed by atoms with Gasteiger partial charge in [-0.1, -0.05) is 49.6 Å². The second kappa shape index (κ2) is 10.9. The van der Waals surface area contributed by atoms with Crippen LogP contribution in [0.1, 0.15) is 49.4 Å². The smallest absolute Gasteiger partial charge is 0.435 e. The number of alkyl halides is 6. The Bertz CT molecular complexity index is 1350. The fourth-order valence-electron chi connectivity index (χ4n) is 5.14. The number of benzene rings is 2. The molecule has 1 aliphatic carbocycles. The number of anilines is 2. The number of hydrogen-bond donors (Lipinski definition) is 2. The number of carbonyl (C=O) groups is 2. The summed E-state index contributed by atoms with van der Waals surface area (Å²) in [5.41, 5.74) is -3.62. The molecule has 1 atom stereocenters. The summed E-state index contributed by atoms with van der Waals surface area (Å²) >= 11 is 0. The number of nitrogens with one attached hydrogen (secondary N) is 1. The van der Waals surface area contributed by atoms with Crippen molar-refractivity contribution < 1.29 is 41.0 Å². The Balaban J connectivity index is 1.63. The van der Waals surface area contributed by atoms with Gasteiger partial charge >= 0.3 is 18.3 Å². The zero-order valence-electron chi connectivity index (χ0n) is 21.3. The number of amides is 1. The van der Waals surface area contributed by atoms with Gasteiger partial charge in [-0.2, -0.15) is 31.4 Å². The molecule has 1 heterocycles. The first-order valence-corrected chi connectivity index (χ1v) is 12.4. The molecule has 3 aromatic rings. The highest BCUT2D eigenvalue weighted by atomic mass is 19.4. The summed E-state index contributed by atoms with van der Waals surface area (Å²) in [5.74, 6) is -2.59. The molecule has 0 aliphatic heterocycles. The maximum Gasteiger partial charge on any atom is 0.435 e. The number of carboxylic acids is 1. The number of para-hydroxylation sites is 1. The standard InChI is InChI=1S/C27H26F6N4O3/c1-36(23(38)25(24(39)40)14-6-3-7-15-25)21(26(28,29)30)17-10-12-18(13-11-17)35-20-16-34-37(22(20)27(31,32)33)19-8-4-2-5-9-19/h2,4-5,8-13,16,21,35H,3,6-7,14-15H2,1H3,(H,39,40)/t21-/m0/s1. The van der Waals surface area contributed by atoms with Crippen LogP contribution < -0.4 is 5.32 Å². The fourth-order valence-corrected chi connectivity index (χ4v) is 5.14. The van der Waals surface area contributed by atoms with Gasteiger partial charge in [0.1, 0.15) is 5.41 Å². The van der Waals surface area contributed by atoms with Gasteiger partial charge in [-0.25, -0.2) is 4.68 Å². The van der Waals surface area contributed by atoms with Crippen LogP contribution in [-0.2, 0) is 15.8 Å². The summed E-state index contributed by atoms with van der Waals surface area (Å²) in [6.45, 7) is 0. The van der Waals surface area contributed by atoms with Crippen molar-refractivity contribution in [2.45, 2.75) is 50.5 Å². The predicted molar refractivity (Wildman–Crippen MR) is 133 cm³/mol. The minimum atomic E-state index is -4.95. The molecule has 0 radical (unpaired) electrons. The van der Waals surface area contributed by atoms with Crippen LogP contribution in [0.4, 0.5) is 37.7 Å². The van der Waals surface area contributed by atoms with Gasteiger partial charge in [0.25, 0.3) is 0 Å². The molecule has 0 spiro atoms. The molecular weight excluding hydrogens is 542 g/mol. The Labute approximate surface area is 225 Å². The van der Waals surface area contributed by atoms with Gasteiger partial charge in [0, 0.05) is 12.7 Å². The molecule has 0 bridgehead atoms. The van der Waals surface area contributed by atoms with E-state index in [1.54, 1.807) is 18.2 Å². The normalized spacial score (nSPS) is 16.3. The van der Waals surface area contributed by atoms with Crippen molar-refractivity contribution in [2.24, 2.45) is 5.41 Å². The zero-order valence-corrected chi connectivity index (χ0v) is 21.3. The molecule has 1 fully saturated rings. The zero-order chi connectivity index (χ0) is 29.3. The second-order valence-corrected chi connectivity index (χ2v) is 9.71. The SMILES string of the molecule is CN(C(=O)C1(C(=O)O)CCCCC1)[C@@H](c1ccc(Nc2cnn(-c3ccccc3)c2C(F)(F)F)cc1)C(F)(F)F. The molecular formula is C27H26F6N4O3. The Morgan fingerprint density at radius 1 is 0.975 bits per heavy atom. The molecule has 214 valence electrons. The van der Waals surface area contributed by atoms with Gasteiger partial charge in [0.15, 0.2) is 11.7 Å². The van der Waals surface area contributed by atoms with Gasteiger partial charge in [-0.3, -0.25) is 9.59 Å². The number of carboxylic acid groups (broad SMARTS) is 1. The topological polar surface area (TPSA) is 87.5 Å². The van der Waals surface area contributed by atoms with E-state index in [2.05, 4.69) is 10.4 Å². The van der Waals surface area contributed by atoms with Crippen molar-refractivity contribution in [1.82, 2.24) is 14.7 Å².